The van der Waals surface area contributed by atoms with Crippen LogP contribution in [-0.4, -0.2) is 63.1 Å². The van der Waals surface area contributed by atoms with E-state index in [4.69, 9.17) is 0 Å². The lowest BCUT2D eigenvalue weighted by Crippen LogP contribution is -2.50. The van der Waals surface area contributed by atoms with E-state index < -0.39 is 0 Å². The molecule has 1 heterocycles. The van der Waals surface area contributed by atoms with E-state index in [9.17, 15) is 4.79 Å². The van der Waals surface area contributed by atoms with Crippen LogP contribution in [0.1, 0.15) is 46.5 Å². The molecule has 0 aromatic carbocycles. The number of rotatable bonds is 6. The number of carbonyl (C=O) groups is 1. The van der Waals surface area contributed by atoms with E-state index in [0.29, 0.717) is 18.0 Å². The van der Waals surface area contributed by atoms with Crippen molar-refractivity contribution in [1.82, 2.24) is 20.9 Å². The number of hydrogen-bond acceptors (Lipinski definition) is 3. The summed E-state index contributed by atoms with van der Waals surface area (Å²) >= 11 is 0. The molecule has 24 heavy (non-hydrogen) atoms. The van der Waals surface area contributed by atoms with Crippen molar-refractivity contribution in [2.45, 2.75) is 52.5 Å². The smallest absolute Gasteiger partial charge is 0.233 e. The quantitative estimate of drug-likeness (QED) is 0.248. The monoisotopic (exact) mass is 453 g/mol. The van der Waals surface area contributed by atoms with Gasteiger partial charge in [0.1, 0.15) is 0 Å². The minimum absolute atomic E-state index is 0. The Labute approximate surface area is 164 Å². The molecule has 1 saturated heterocycles. The normalized spacial score (nSPS) is 17.1. The predicted octanol–water partition coefficient (Wildman–Crippen LogP) is 1.81. The first kappa shape index (κ1) is 23.4. The molecule has 6 nitrogen and oxygen atoms in total. The Balaban J connectivity index is 0.00000529. The van der Waals surface area contributed by atoms with Gasteiger partial charge in [-0.3, -0.25) is 14.7 Å². The van der Waals surface area contributed by atoms with E-state index in [1.807, 2.05) is 7.05 Å². The highest BCUT2D eigenvalue weighted by molar-refractivity contribution is 14.0. The van der Waals surface area contributed by atoms with Crippen molar-refractivity contribution in [2.75, 3.05) is 40.3 Å². The molecule has 0 bridgehead atoms. The van der Waals surface area contributed by atoms with Gasteiger partial charge in [-0.05, 0) is 31.1 Å². The van der Waals surface area contributed by atoms with Gasteiger partial charge in [0, 0.05) is 39.8 Å². The number of amides is 1. The molecule has 1 rings (SSSR count). The first-order chi connectivity index (χ1) is 10.8. The Morgan fingerprint density at radius 1 is 1.25 bits per heavy atom. The second-order valence-electron chi connectivity index (χ2n) is 7.53. The Morgan fingerprint density at radius 2 is 1.88 bits per heavy atom. The number of aliphatic imine (C=N–C) groups is 1. The number of likely N-dealkylation sites (tertiary alicyclic amines) is 1. The SMILES string of the molecule is CN=C(NCCCC(C)(C)C)NC1CCN(CC(=O)NC)CC1.I. The molecule has 1 aliphatic heterocycles. The van der Waals surface area contributed by atoms with Crippen LogP contribution >= 0.6 is 24.0 Å². The molecule has 1 aliphatic rings. The third kappa shape index (κ3) is 10.3. The van der Waals surface area contributed by atoms with Crippen LogP contribution in [0.2, 0.25) is 0 Å². The van der Waals surface area contributed by atoms with Crippen molar-refractivity contribution in [3.8, 4) is 0 Å². The fourth-order valence-electron chi connectivity index (χ4n) is 2.73. The fraction of sp³-hybridized carbons (Fsp3) is 0.882. The van der Waals surface area contributed by atoms with Crippen molar-refractivity contribution < 1.29 is 4.79 Å². The molecule has 1 amide bonds. The molecular weight excluding hydrogens is 417 g/mol. The molecule has 142 valence electrons. The van der Waals surface area contributed by atoms with Gasteiger partial charge < -0.3 is 16.0 Å². The molecule has 0 aliphatic carbocycles. The lowest BCUT2D eigenvalue weighted by atomic mass is 9.91. The van der Waals surface area contributed by atoms with Crippen LogP contribution in [0.4, 0.5) is 0 Å². The Morgan fingerprint density at radius 3 is 2.38 bits per heavy atom. The molecule has 7 heteroatoms. The van der Waals surface area contributed by atoms with E-state index in [-0.39, 0.29) is 29.9 Å². The number of nitrogens with zero attached hydrogens (tertiary/aromatic N) is 2. The minimum Gasteiger partial charge on any atom is -0.358 e. The van der Waals surface area contributed by atoms with Crippen LogP contribution in [0.15, 0.2) is 4.99 Å². The predicted molar refractivity (Wildman–Crippen MR) is 112 cm³/mol. The van der Waals surface area contributed by atoms with Crippen LogP contribution in [0.25, 0.3) is 0 Å². The average Bonchev–Trinajstić information content (AvgIpc) is 2.50. The average molecular weight is 453 g/mol. The molecule has 0 spiro atoms. The maximum atomic E-state index is 11.4. The number of piperidine rings is 1. The molecular formula is C17H36IN5O. The van der Waals surface area contributed by atoms with Crippen molar-refractivity contribution >= 4 is 35.8 Å². The summed E-state index contributed by atoms with van der Waals surface area (Å²) in [4.78, 5) is 17.9. The number of guanidine groups is 1. The summed E-state index contributed by atoms with van der Waals surface area (Å²) in [6.07, 6.45) is 4.43. The zero-order valence-electron chi connectivity index (χ0n) is 15.9. The summed E-state index contributed by atoms with van der Waals surface area (Å²) in [5, 5.41) is 9.58. The Hall–Kier alpha value is -0.570. The topological polar surface area (TPSA) is 68.8 Å². The van der Waals surface area contributed by atoms with Crippen LogP contribution in [0.5, 0.6) is 0 Å². The minimum atomic E-state index is 0. The summed E-state index contributed by atoms with van der Waals surface area (Å²) in [5.41, 5.74) is 0.385. The molecule has 0 unspecified atom stereocenters. The molecule has 0 aromatic heterocycles. The zero-order chi connectivity index (χ0) is 17.3. The van der Waals surface area contributed by atoms with Crippen molar-refractivity contribution in [1.29, 1.82) is 0 Å². The second-order valence-corrected chi connectivity index (χ2v) is 7.53. The van der Waals surface area contributed by atoms with Gasteiger partial charge in [0.05, 0.1) is 6.54 Å². The highest BCUT2D eigenvalue weighted by Gasteiger charge is 2.21. The third-order valence-electron chi connectivity index (χ3n) is 4.19. The zero-order valence-corrected chi connectivity index (χ0v) is 18.3. The van der Waals surface area contributed by atoms with Gasteiger partial charge in [-0.1, -0.05) is 20.8 Å². The molecule has 1 fully saturated rings. The second kappa shape index (κ2) is 11.9. The van der Waals surface area contributed by atoms with Crippen molar-refractivity contribution in [3.05, 3.63) is 0 Å². The molecule has 0 atom stereocenters. The van der Waals surface area contributed by atoms with E-state index >= 15 is 0 Å². The van der Waals surface area contributed by atoms with Gasteiger partial charge in [0.2, 0.25) is 5.91 Å². The highest BCUT2D eigenvalue weighted by atomic mass is 127. The molecule has 0 saturated carbocycles. The maximum absolute atomic E-state index is 11.4. The van der Waals surface area contributed by atoms with Crippen molar-refractivity contribution in [3.63, 3.8) is 0 Å². The molecule has 3 N–H and O–H groups in total. The van der Waals surface area contributed by atoms with Crippen LogP contribution < -0.4 is 16.0 Å². The summed E-state index contributed by atoms with van der Waals surface area (Å²) in [6.45, 7) is 10.2. The van der Waals surface area contributed by atoms with E-state index in [2.05, 4.69) is 46.6 Å². The Bertz CT molecular complexity index is 387. The molecule has 0 aromatic rings. The van der Waals surface area contributed by atoms with E-state index in [1.165, 1.54) is 6.42 Å². The summed E-state index contributed by atoms with van der Waals surface area (Å²) in [5.74, 6) is 0.983. The van der Waals surface area contributed by atoms with Gasteiger partial charge in [-0.15, -0.1) is 24.0 Å². The van der Waals surface area contributed by atoms with Gasteiger partial charge in [-0.2, -0.15) is 0 Å². The largest absolute Gasteiger partial charge is 0.358 e. The third-order valence-corrected chi connectivity index (χ3v) is 4.19. The summed E-state index contributed by atoms with van der Waals surface area (Å²) in [7, 11) is 3.51. The lowest BCUT2D eigenvalue weighted by Gasteiger charge is -2.32. The van der Waals surface area contributed by atoms with Crippen LogP contribution in [0.3, 0.4) is 0 Å². The Kier molecular flexibility index (Phi) is 11.6. The number of likely N-dealkylation sites (N-methyl/N-ethyl adjacent to an activating group) is 1. The molecule has 0 radical (unpaired) electrons. The number of nitrogens with one attached hydrogen (secondary N) is 3. The number of hydrogen-bond donors (Lipinski definition) is 3. The van der Waals surface area contributed by atoms with Crippen molar-refractivity contribution in [2.24, 2.45) is 10.4 Å². The summed E-state index contributed by atoms with van der Waals surface area (Å²) < 4.78 is 0. The standard InChI is InChI=1S/C17H35N5O.HI/c1-17(2,3)9-6-10-20-16(19-5)21-14-7-11-22(12-8-14)13-15(23)18-4;/h14H,6-13H2,1-5H3,(H,18,23)(H2,19,20,21);1H. The van der Waals surface area contributed by atoms with Crippen LogP contribution in [0, 0.1) is 5.41 Å². The van der Waals surface area contributed by atoms with Crippen LogP contribution in [-0.2, 0) is 4.79 Å². The van der Waals surface area contributed by atoms with E-state index in [1.54, 1.807) is 7.05 Å². The fourth-order valence-corrected chi connectivity index (χ4v) is 2.73. The summed E-state index contributed by atoms with van der Waals surface area (Å²) in [6, 6.07) is 0.435. The van der Waals surface area contributed by atoms with Gasteiger partial charge in [-0.25, -0.2) is 0 Å². The first-order valence-electron chi connectivity index (χ1n) is 8.74. The van der Waals surface area contributed by atoms with Gasteiger partial charge in [0.15, 0.2) is 5.96 Å². The maximum Gasteiger partial charge on any atom is 0.233 e. The van der Waals surface area contributed by atoms with Gasteiger partial charge in [0.25, 0.3) is 0 Å². The lowest BCUT2D eigenvalue weighted by molar-refractivity contribution is -0.122. The van der Waals surface area contributed by atoms with E-state index in [0.717, 1.165) is 44.9 Å². The van der Waals surface area contributed by atoms with Gasteiger partial charge >= 0.3 is 0 Å². The number of halogens is 1. The first-order valence-corrected chi connectivity index (χ1v) is 8.74. The highest BCUT2D eigenvalue weighted by Crippen LogP contribution is 2.19. The number of carbonyl (C=O) groups excluding carboxylic acids is 1.